The zero-order valence-electron chi connectivity index (χ0n) is 11.7. The summed E-state index contributed by atoms with van der Waals surface area (Å²) >= 11 is 0. The number of ether oxygens (including phenoxy) is 1. The molecule has 2 heteroatoms. The van der Waals surface area contributed by atoms with E-state index in [0.717, 1.165) is 36.3 Å². The molecular formula is C18H18O2. The summed E-state index contributed by atoms with van der Waals surface area (Å²) in [5.74, 6) is 1.14. The van der Waals surface area contributed by atoms with E-state index in [1.165, 1.54) is 11.1 Å². The van der Waals surface area contributed by atoms with Gasteiger partial charge in [-0.3, -0.25) is 4.79 Å². The van der Waals surface area contributed by atoms with Crippen LogP contribution in [0.2, 0.25) is 0 Å². The second kappa shape index (κ2) is 5.49. The Morgan fingerprint density at radius 3 is 2.90 bits per heavy atom. The Hall–Kier alpha value is -2.09. The molecule has 2 nitrogen and oxygen atoms in total. The fourth-order valence-corrected chi connectivity index (χ4v) is 2.64. The Labute approximate surface area is 119 Å². The van der Waals surface area contributed by atoms with E-state index in [1.54, 1.807) is 0 Å². The number of aryl methyl sites for hydroxylation is 2. The van der Waals surface area contributed by atoms with Crippen LogP contribution in [-0.4, -0.2) is 12.4 Å². The van der Waals surface area contributed by atoms with E-state index in [2.05, 4.69) is 19.1 Å². The predicted molar refractivity (Wildman–Crippen MR) is 79.5 cm³/mol. The van der Waals surface area contributed by atoms with E-state index in [1.807, 2.05) is 30.3 Å². The summed E-state index contributed by atoms with van der Waals surface area (Å²) in [7, 11) is 0. The summed E-state index contributed by atoms with van der Waals surface area (Å²) in [5.41, 5.74) is 4.47. The number of carbonyl (C=O) groups excluding carboxylic acids is 1. The topological polar surface area (TPSA) is 26.3 Å². The number of Topliss-reactive ketones (excluding diaryl/α,β-unsaturated/α-hetero) is 1. The van der Waals surface area contributed by atoms with Crippen molar-refractivity contribution >= 4 is 5.78 Å². The lowest BCUT2D eigenvalue weighted by Crippen LogP contribution is -2.02. The Morgan fingerprint density at radius 1 is 1.20 bits per heavy atom. The zero-order valence-corrected chi connectivity index (χ0v) is 11.7. The molecule has 2 aromatic carbocycles. The van der Waals surface area contributed by atoms with Crippen molar-refractivity contribution in [3.63, 3.8) is 0 Å². The number of ketones is 1. The average Bonchev–Trinajstić information content (AvgIpc) is 2.93. The third-order valence-electron chi connectivity index (χ3n) is 3.89. The number of rotatable bonds is 4. The van der Waals surface area contributed by atoms with E-state index >= 15 is 0 Å². The van der Waals surface area contributed by atoms with Crippen LogP contribution in [0, 0.1) is 6.92 Å². The smallest absolute Gasteiger partial charge is 0.163 e. The highest BCUT2D eigenvalue weighted by Crippen LogP contribution is 2.26. The Morgan fingerprint density at radius 2 is 2.05 bits per heavy atom. The molecule has 0 unspecified atom stereocenters. The Bertz CT molecular complexity index is 644. The van der Waals surface area contributed by atoms with Gasteiger partial charge in [0.2, 0.25) is 0 Å². The predicted octanol–water partition coefficient (Wildman–Crippen LogP) is 3.75. The fourth-order valence-electron chi connectivity index (χ4n) is 2.64. The molecule has 3 rings (SSSR count). The summed E-state index contributed by atoms with van der Waals surface area (Å²) in [6.07, 6.45) is 2.28. The van der Waals surface area contributed by atoms with Crippen molar-refractivity contribution in [3.05, 3.63) is 64.7 Å². The normalized spacial score (nSPS) is 12.8. The molecular weight excluding hydrogens is 248 g/mol. The number of benzene rings is 2. The second-order valence-corrected chi connectivity index (χ2v) is 5.27. The molecule has 0 amide bonds. The monoisotopic (exact) mass is 266 g/mol. The molecule has 0 bridgehead atoms. The highest BCUT2D eigenvalue weighted by molar-refractivity contribution is 5.96. The van der Waals surface area contributed by atoms with E-state index < -0.39 is 0 Å². The van der Waals surface area contributed by atoms with Gasteiger partial charge in [0, 0.05) is 18.4 Å². The van der Waals surface area contributed by atoms with Crippen LogP contribution in [-0.2, 0) is 12.8 Å². The molecule has 0 saturated heterocycles. The molecule has 0 fully saturated rings. The molecule has 0 spiro atoms. The maximum Gasteiger partial charge on any atom is 0.163 e. The van der Waals surface area contributed by atoms with Gasteiger partial charge < -0.3 is 4.74 Å². The van der Waals surface area contributed by atoms with Gasteiger partial charge in [0.25, 0.3) is 0 Å². The van der Waals surface area contributed by atoms with Crippen molar-refractivity contribution in [1.29, 1.82) is 0 Å². The van der Waals surface area contributed by atoms with E-state index in [0.29, 0.717) is 6.42 Å². The number of fused-ring (bicyclic) bond motifs is 1. The summed E-state index contributed by atoms with van der Waals surface area (Å²) in [5, 5.41) is 0. The Kier molecular flexibility index (Phi) is 3.55. The van der Waals surface area contributed by atoms with Crippen LogP contribution in [0.3, 0.4) is 0 Å². The van der Waals surface area contributed by atoms with Crippen LogP contribution in [0.25, 0.3) is 0 Å². The third kappa shape index (κ3) is 2.60. The molecule has 0 radical (unpaired) electrons. The van der Waals surface area contributed by atoms with Gasteiger partial charge in [-0.15, -0.1) is 0 Å². The number of hydrogen-bond acceptors (Lipinski definition) is 2. The summed E-state index contributed by atoms with van der Waals surface area (Å²) in [6, 6.07) is 14.0. The minimum Gasteiger partial charge on any atom is -0.493 e. The van der Waals surface area contributed by atoms with Gasteiger partial charge in [0.15, 0.2) is 5.78 Å². The summed E-state index contributed by atoms with van der Waals surface area (Å²) in [6.45, 7) is 2.82. The van der Waals surface area contributed by atoms with Gasteiger partial charge in [-0.2, -0.15) is 0 Å². The number of carbonyl (C=O) groups is 1. The first-order chi connectivity index (χ1) is 9.74. The van der Waals surface area contributed by atoms with Crippen LogP contribution in [0.1, 0.15) is 33.5 Å². The van der Waals surface area contributed by atoms with Gasteiger partial charge in [-0.1, -0.05) is 24.3 Å². The minimum atomic E-state index is 0.211. The maximum atomic E-state index is 12.3. The summed E-state index contributed by atoms with van der Waals surface area (Å²) < 4.78 is 5.47. The average molecular weight is 266 g/mol. The van der Waals surface area contributed by atoms with Gasteiger partial charge >= 0.3 is 0 Å². The molecule has 2 aromatic rings. The van der Waals surface area contributed by atoms with Crippen LogP contribution in [0.4, 0.5) is 0 Å². The quantitative estimate of drug-likeness (QED) is 0.788. The van der Waals surface area contributed by atoms with E-state index in [9.17, 15) is 4.79 Å². The first-order valence-corrected chi connectivity index (χ1v) is 7.07. The molecule has 0 aliphatic carbocycles. The third-order valence-corrected chi connectivity index (χ3v) is 3.89. The molecule has 0 N–H and O–H groups in total. The molecule has 1 aliphatic rings. The van der Waals surface area contributed by atoms with E-state index in [-0.39, 0.29) is 5.78 Å². The molecule has 20 heavy (non-hydrogen) atoms. The summed E-state index contributed by atoms with van der Waals surface area (Å²) in [4.78, 5) is 12.3. The van der Waals surface area contributed by atoms with Crippen LogP contribution < -0.4 is 4.74 Å². The van der Waals surface area contributed by atoms with Crippen molar-refractivity contribution in [1.82, 2.24) is 0 Å². The van der Waals surface area contributed by atoms with Crippen LogP contribution >= 0.6 is 0 Å². The van der Waals surface area contributed by atoms with Crippen molar-refractivity contribution in [2.24, 2.45) is 0 Å². The largest absolute Gasteiger partial charge is 0.493 e. The second-order valence-electron chi connectivity index (χ2n) is 5.27. The first kappa shape index (κ1) is 12.9. The highest BCUT2D eigenvalue weighted by Gasteiger charge is 2.15. The molecule has 0 atom stereocenters. The zero-order chi connectivity index (χ0) is 13.9. The van der Waals surface area contributed by atoms with Gasteiger partial charge in [0.1, 0.15) is 5.75 Å². The molecule has 102 valence electrons. The van der Waals surface area contributed by atoms with Crippen molar-refractivity contribution < 1.29 is 9.53 Å². The SMILES string of the molecule is Cc1ccccc1CCC(=O)c1ccc2c(c1)CCO2. The minimum absolute atomic E-state index is 0.211. The maximum absolute atomic E-state index is 12.3. The highest BCUT2D eigenvalue weighted by atomic mass is 16.5. The standard InChI is InChI=1S/C18H18O2/c1-13-4-2-3-5-14(13)6-8-17(19)15-7-9-18-16(12-15)10-11-20-18/h2-5,7,9,12H,6,8,10-11H2,1H3. The molecule has 1 aliphatic heterocycles. The van der Waals surface area contributed by atoms with E-state index in [4.69, 9.17) is 4.74 Å². The molecule has 0 saturated carbocycles. The van der Waals surface area contributed by atoms with Crippen molar-refractivity contribution in [2.45, 2.75) is 26.2 Å². The van der Waals surface area contributed by atoms with Gasteiger partial charge in [-0.05, 0) is 48.2 Å². The van der Waals surface area contributed by atoms with Crippen LogP contribution in [0.15, 0.2) is 42.5 Å². The Balaban J connectivity index is 1.69. The lowest BCUT2D eigenvalue weighted by molar-refractivity contribution is 0.0982. The number of hydrogen-bond donors (Lipinski definition) is 0. The van der Waals surface area contributed by atoms with Crippen LogP contribution in [0.5, 0.6) is 5.75 Å². The first-order valence-electron chi connectivity index (χ1n) is 7.07. The van der Waals surface area contributed by atoms with Crippen molar-refractivity contribution in [3.8, 4) is 5.75 Å². The molecule has 1 heterocycles. The lowest BCUT2D eigenvalue weighted by atomic mass is 9.98. The van der Waals surface area contributed by atoms with Gasteiger partial charge in [-0.25, -0.2) is 0 Å². The molecule has 0 aromatic heterocycles. The van der Waals surface area contributed by atoms with Crippen molar-refractivity contribution in [2.75, 3.05) is 6.61 Å². The fraction of sp³-hybridized carbons (Fsp3) is 0.278. The van der Waals surface area contributed by atoms with Gasteiger partial charge in [0.05, 0.1) is 6.61 Å². The lowest BCUT2D eigenvalue weighted by Gasteiger charge is -2.06.